The molecule has 0 aliphatic heterocycles. The Hall–Kier alpha value is -2.15. The Morgan fingerprint density at radius 3 is 3.00 bits per heavy atom. The first-order valence-electron chi connectivity index (χ1n) is 8.43. The van der Waals surface area contributed by atoms with Gasteiger partial charge < -0.3 is 0 Å². The zero-order valence-corrected chi connectivity index (χ0v) is 14.0. The molecule has 0 saturated heterocycles. The summed E-state index contributed by atoms with van der Waals surface area (Å²) in [5.74, 6) is 1.05. The van der Waals surface area contributed by atoms with Crippen LogP contribution in [-0.4, -0.2) is 5.78 Å². The van der Waals surface area contributed by atoms with Crippen molar-refractivity contribution in [3.05, 3.63) is 83.0 Å². The Kier molecular flexibility index (Phi) is 4.76. The van der Waals surface area contributed by atoms with Gasteiger partial charge in [-0.15, -0.1) is 0 Å². The molecule has 0 N–H and O–H groups in total. The van der Waals surface area contributed by atoms with Crippen molar-refractivity contribution in [2.24, 2.45) is 5.92 Å². The lowest BCUT2D eigenvalue weighted by Crippen LogP contribution is -2.03. The van der Waals surface area contributed by atoms with Crippen LogP contribution in [0.25, 0.3) is 0 Å². The quantitative estimate of drug-likeness (QED) is 0.707. The largest absolute Gasteiger partial charge is 0.299 e. The number of hydrogen-bond donors (Lipinski definition) is 0. The molecule has 0 heterocycles. The van der Waals surface area contributed by atoms with Crippen molar-refractivity contribution < 1.29 is 4.79 Å². The average molecular weight is 304 g/mol. The monoisotopic (exact) mass is 304 g/mol. The number of rotatable bonds is 5. The number of ketones is 1. The fourth-order valence-electron chi connectivity index (χ4n) is 3.25. The van der Waals surface area contributed by atoms with E-state index in [2.05, 4.69) is 74.6 Å². The number of aryl methyl sites for hydroxylation is 1. The van der Waals surface area contributed by atoms with E-state index in [-0.39, 0.29) is 5.92 Å². The molecule has 1 aromatic carbocycles. The first-order valence-corrected chi connectivity index (χ1v) is 8.43. The molecular formula is C22H24O. The SMILES string of the molecule is C/C(=C\C1=CC=CCC=C1)CC(=O)C1CC1c1cccc(C)c1. The van der Waals surface area contributed by atoms with E-state index < -0.39 is 0 Å². The Morgan fingerprint density at radius 1 is 1.30 bits per heavy atom. The van der Waals surface area contributed by atoms with Gasteiger partial charge >= 0.3 is 0 Å². The van der Waals surface area contributed by atoms with Crippen molar-refractivity contribution in [3.8, 4) is 0 Å². The van der Waals surface area contributed by atoms with Crippen molar-refractivity contribution in [2.45, 2.75) is 39.0 Å². The smallest absolute Gasteiger partial charge is 0.140 e. The maximum atomic E-state index is 12.5. The second-order valence-corrected chi connectivity index (χ2v) is 6.73. The van der Waals surface area contributed by atoms with Gasteiger partial charge in [0, 0.05) is 12.3 Å². The first-order chi connectivity index (χ1) is 11.1. The predicted molar refractivity (Wildman–Crippen MR) is 96.4 cm³/mol. The molecule has 2 aliphatic rings. The van der Waals surface area contributed by atoms with Crippen LogP contribution in [0.4, 0.5) is 0 Å². The van der Waals surface area contributed by atoms with Crippen molar-refractivity contribution in [1.29, 1.82) is 0 Å². The van der Waals surface area contributed by atoms with Gasteiger partial charge in [-0.05, 0) is 43.7 Å². The summed E-state index contributed by atoms with van der Waals surface area (Å²) in [5, 5.41) is 0. The van der Waals surface area contributed by atoms with Gasteiger partial charge in [0.1, 0.15) is 5.78 Å². The van der Waals surface area contributed by atoms with Gasteiger partial charge in [-0.3, -0.25) is 4.79 Å². The van der Waals surface area contributed by atoms with Crippen LogP contribution >= 0.6 is 0 Å². The van der Waals surface area contributed by atoms with Gasteiger partial charge in [0.25, 0.3) is 0 Å². The number of carbonyl (C=O) groups is 1. The van der Waals surface area contributed by atoms with Crippen LogP contribution < -0.4 is 0 Å². The highest BCUT2D eigenvalue weighted by Gasteiger charge is 2.43. The lowest BCUT2D eigenvalue weighted by atomic mass is 10.0. The van der Waals surface area contributed by atoms with Gasteiger partial charge in [0.05, 0.1) is 0 Å². The summed E-state index contributed by atoms with van der Waals surface area (Å²) in [7, 11) is 0. The van der Waals surface area contributed by atoms with E-state index in [9.17, 15) is 4.79 Å². The highest BCUT2D eigenvalue weighted by molar-refractivity contribution is 5.87. The lowest BCUT2D eigenvalue weighted by Gasteiger charge is -2.03. The minimum absolute atomic E-state index is 0.221. The van der Waals surface area contributed by atoms with Crippen LogP contribution in [0.2, 0.25) is 0 Å². The van der Waals surface area contributed by atoms with Crippen LogP contribution in [0.3, 0.4) is 0 Å². The molecule has 0 radical (unpaired) electrons. The van der Waals surface area contributed by atoms with Crippen molar-refractivity contribution in [1.82, 2.24) is 0 Å². The summed E-state index contributed by atoms with van der Waals surface area (Å²) < 4.78 is 0. The molecular weight excluding hydrogens is 280 g/mol. The van der Waals surface area contributed by atoms with Crippen molar-refractivity contribution in [3.63, 3.8) is 0 Å². The maximum absolute atomic E-state index is 12.5. The van der Waals surface area contributed by atoms with Gasteiger partial charge in [0.2, 0.25) is 0 Å². The third-order valence-electron chi connectivity index (χ3n) is 4.55. The van der Waals surface area contributed by atoms with E-state index in [1.165, 1.54) is 16.7 Å². The summed E-state index contributed by atoms with van der Waals surface area (Å²) in [4.78, 5) is 12.5. The predicted octanol–water partition coefficient (Wildman–Crippen LogP) is 5.45. The summed E-state index contributed by atoms with van der Waals surface area (Å²) >= 11 is 0. The van der Waals surface area contributed by atoms with Crippen LogP contribution in [-0.2, 0) is 4.79 Å². The van der Waals surface area contributed by atoms with Gasteiger partial charge in [0.15, 0.2) is 0 Å². The van der Waals surface area contributed by atoms with Crippen LogP contribution in [0.5, 0.6) is 0 Å². The van der Waals surface area contributed by atoms with Crippen LogP contribution in [0.1, 0.15) is 43.2 Å². The molecule has 0 aromatic heterocycles. The number of Topliss-reactive ketones (excluding diaryl/α,β-unsaturated/α-hetero) is 1. The van der Waals surface area contributed by atoms with E-state index >= 15 is 0 Å². The number of hydrogen-bond acceptors (Lipinski definition) is 1. The average Bonchev–Trinajstić information content (AvgIpc) is 3.32. The second-order valence-electron chi connectivity index (χ2n) is 6.73. The standard InChI is InChI=1S/C22H24O/c1-16-8-7-11-19(13-16)20-15-21(20)22(23)14-17(2)12-18-9-5-3-4-6-10-18/h3,5-13,20-21H,4,14-15H2,1-2H3/b17-12+. The summed E-state index contributed by atoms with van der Waals surface area (Å²) in [6.07, 6.45) is 15.3. The molecule has 1 nitrogen and oxygen atoms in total. The highest BCUT2D eigenvalue weighted by atomic mass is 16.1. The summed E-state index contributed by atoms with van der Waals surface area (Å²) in [6.45, 7) is 4.17. The molecule has 3 rings (SSSR count). The Bertz CT molecular complexity index is 715. The summed E-state index contributed by atoms with van der Waals surface area (Å²) in [5.41, 5.74) is 4.92. The Morgan fingerprint density at radius 2 is 2.17 bits per heavy atom. The third-order valence-corrected chi connectivity index (χ3v) is 4.55. The Balaban J connectivity index is 1.60. The fraction of sp³-hybridized carbons (Fsp3) is 0.318. The molecule has 1 aromatic rings. The molecule has 118 valence electrons. The van der Waals surface area contributed by atoms with E-state index in [1.54, 1.807) is 0 Å². The molecule has 1 saturated carbocycles. The van der Waals surface area contributed by atoms with Crippen LogP contribution in [0.15, 0.2) is 71.9 Å². The Labute approximate surface area is 139 Å². The molecule has 0 bridgehead atoms. The minimum atomic E-state index is 0.221. The first kappa shape index (κ1) is 15.7. The second kappa shape index (κ2) is 6.95. The third kappa shape index (κ3) is 4.19. The molecule has 1 heteroatoms. The topological polar surface area (TPSA) is 17.1 Å². The molecule has 1 fully saturated rings. The zero-order chi connectivity index (χ0) is 16.2. The lowest BCUT2D eigenvalue weighted by molar-refractivity contribution is -0.119. The van der Waals surface area contributed by atoms with Crippen molar-refractivity contribution >= 4 is 5.78 Å². The van der Waals surface area contributed by atoms with E-state index in [4.69, 9.17) is 0 Å². The maximum Gasteiger partial charge on any atom is 0.140 e. The number of allylic oxidation sites excluding steroid dienone is 8. The van der Waals surface area contributed by atoms with Gasteiger partial charge in [-0.2, -0.15) is 0 Å². The van der Waals surface area contributed by atoms with Gasteiger partial charge in [-0.1, -0.05) is 71.9 Å². The molecule has 2 atom stereocenters. The van der Waals surface area contributed by atoms with Gasteiger partial charge in [-0.25, -0.2) is 0 Å². The highest BCUT2D eigenvalue weighted by Crippen LogP contribution is 2.48. The molecule has 0 spiro atoms. The normalized spacial score (nSPS) is 23.4. The minimum Gasteiger partial charge on any atom is -0.299 e. The fourth-order valence-corrected chi connectivity index (χ4v) is 3.25. The zero-order valence-electron chi connectivity index (χ0n) is 14.0. The molecule has 2 unspecified atom stereocenters. The van der Waals surface area contributed by atoms with E-state index in [1.807, 2.05) is 0 Å². The summed E-state index contributed by atoms with van der Waals surface area (Å²) in [6, 6.07) is 8.57. The van der Waals surface area contributed by atoms with Crippen LogP contribution in [0, 0.1) is 12.8 Å². The molecule has 23 heavy (non-hydrogen) atoms. The molecule has 0 amide bonds. The number of carbonyl (C=O) groups excluding carboxylic acids is 1. The number of benzene rings is 1. The van der Waals surface area contributed by atoms with E-state index in [0.717, 1.165) is 18.4 Å². The van der Waals surface area contributed by atoms with E-state index in [0.29, 0.717) is 18.1 Å². The molecule has 2 aliphatic carbocycles. The van der Waals surface area contributed by atoms with Crippen molar-refractivity contribution in [2.75, 3.05) is 0 Å².